The van der Waals surface area contributed by atoms with Crippen LogP contribution in [0.15, 0.2) is 61.2 Å². The molecule has 2 aromatic heterocycles. The number of amides is 1. The first-order valence-corrected chi connectivity index (χ1v) is 8.60. The lowest BCUT2D eigenvalue weighted by Crippen LogP contribution is -2.26. The molecule has 0 unspecified atom stereocenters. The van der Waals surface area contributed by atoms with E-state index in [4.69, 9.17) is 4.74 Å². The van der Waals surface area contributed by atoms with Crippen molar-refractivity contribution in [3.05, 3.63) is 78.0 Å². The number of nitrogens with zero attached hydrogens (tertiary/aromatic N) is 3. The number of hydrogen-bond donors (Lipinski definition) is 2. The lowest BCUT2D eigenvalue weighted by atomic mass is 10.1. The van der Waals surface area contributed by atoms with E-state index in [0.717, 1.165) is 23.3 Å². The first kappa shape index (κ1) is 18.3. The van der Waals surface area contributed by atoms with Crippen LogP contribution in [-0.2, 0) is 13.0 Å². The highest BCUT2D eigenvalue weighted by molar-refractivity contribution is 5.92. The topological polar surface area (TPSA) is 89.0 Å². The van der Waals surface area contributed by atoms with E-state index in [2.05, 4.69) is 25.6 Å². The maximum absolute atomic E-state index is 12.3. The van der Waals surface area contributed by atoms with Gasteiger partial charge in [0.15, 0.2) is 0 Å². The van der Waals surface area contributed by atoms with Crippen molar-refractivity contribution in [2.75, 3.05) is 19.0 Å². The van der Waals surface area contributed by atoms with Crippen LogP contribution in [-0.4, -0.2) is 34.5 Å². The van der Waals surface area contributed by atoms with Crippen LogP contribution in [0.1, 0.15) is 21.6 Å². The van der Waals surface area contributed by atoms with Gasteiger partial charge in [0.2, 0.25) is 0 Å². The average molecular weight is 363 g/mol. The van der Waals surface area contributed by atoms with Crippen molar-refractivity contribution >= 4 is 11.7 Å². The van der Waals surface area contributed by atoms with Gasteiger partial charge in [0.25, 0.3) is 5.91 Å². The molecule has 0 atom stereocenters. The number of rotatable bonds is 8. The number of ether oxygens (including phenoxy) is 1. The van der Waals surface area contributed by atoms with Crippen molar-refractivity contribution in [1.29, 1.82) is 0 Å². The molecule has 7 heteroatoms. The summed E-state index contributed by atoms with van der Waals surface area (Å²) < 4.78 is 5.14. The molecule has 0 bridgehead atoms. The number of hydrogen-bond acceptors (Lipinski definition) is 6. The summed E-state index contributed by atoms with van der Waals surface area (Å²) in [7, 11) is 1.64. The highest BCUT2D eigenvalue weighted by atomic mass is 16.5. The SMILES string of the molecule is COc1ccc(CCNC(=O)c2cc(NCc3ccncc3)ncn2)cc1. The van der Waals surface area contributed by atoms with Gasteiger partial charge in [-0.2, -0.15) is 0 Å². The van der Waals surface area contributed by atoms with E-state index in [0.29, 0.717) is 24.6 Å². The van der Waals surface area contributed by atoms with Crippen molar-refractivity contribution in [2.24, 2.45) is 0 Å². The molecule has 2 N–H and O–H groups in total. The monoisotopic (exact) mass is 363 g/mol. The maximum Gasteiger partial charge on any atom is 0.270 e. The fourth-order valence-corrected chi connectivity index (χ4v) is 2.47. The smallest absolute Gasteiger partial charge is 0.270 e. The molecular formula is C20H21N5O2. The minimum atomic E-state index is -0.224. The van der Waals surface area contributed by atoms with Gasteiger partial charge in [-0.05, 0) is 41.8 Å². The van der Waals surface area contributed by atoms with Crippen LogP contribution in [0.5, 0.6) is 5.75 Å². The van der Waals surface area contributed by atoms with Crippen LogP contribution in [0.4, 0.5) is 5.82 Å². The van der Waals surface area contributed by atoms with Crippen molar-refractivity contribution < 1.29 is 9.53 Å². The van der Waals surface area contributed by atoms with Gasteiger partial charge < -0.3 is 15.4 Å². The summed E-state index contributed by atoms with van der Waals surface area (Å²) in [6, 6.07) is 13.3. The molecule has 3 aromatic rings. The van der Waals surface area contributed by atoms with E-state index in [1.165, 1.54) is 6.33 Å². The fraction of sp³-hybridized carbons (Fsp3) is 0.200. The zero-order valence-corrected chi connectivity index (χ0v) is 15.1. The Kier molecular flexibility index (Phi) is 6.30. The molecule has 0 aliphatic rings. The summed E-state index contributed by atoms with van der Waals surface area (Å²) >= 11 is 0. The van der Waals surface area contributed by atoms with Crippen LogP contribution in [0.3, 0.4) is 0 Å². The first-order chi connectivity index (χ1) is 13.2. The normalized spacial score (nSPS) is 10.3. The highest BCUT2D eigenvalue weighted by Gasteiger charge is 2.08. The molecule has 27 heavy (non-hydrogen) atoms. The summed E-state index contributed by atoms with van der Waals surface area (Å²) in [6.07, 6.45) is 5.58. The van der Waals surface area contributed by atoms with E-state index in [1.54, 1.807) is 25.6 Å². The molecule has 0 aliphatic carbocycles. The van der Waals surface area contributed by atoms with Gasteiger partial charge >= 0.3 is 0 Å². The standard InChI is InChI=1S/C20H21N5O2/c1-27-17-4-2-15(3-5-17)8-11-22-20(26)18-12-19(25-14-24-18)23-13-16-6-9-21-10-7-16/h2-7,9-10,12,14H,8,11,13H2,1H3,(H,22,26)(H,23,24,25). The molecule has 0 saturated heterocycles. The van der Waals surface area contributed by atoms with Crippen LogP contribution in [0.25, 0.3) is 0 Å². The fourth-order valence-electron chi connectivity index (χ4n) is 2.47. The number of carbonyl (C=O) groups excluding carboxylic acids is 1. The summed E-state index contributed by atoms with van der Waals surface area (Å²) in [4.78, 5) is 24.5. The third-order valence-corrected chi connectivity index (χ3v) is 3.98. The lowest BCUT2D eigenvalue weighted by molar-refractivity contribution is 0.0949. The number of benzene rings is 1. The number of nitrogens with one attached hydrogen (secondary N) is 2. The van der Waals surface area contributed by atoms with Crippen molar-refractivity contribution in [3.63, 3.8) is 0 Å². The zero-order valence-electron chi connectivity index (χ0n) is 15.1. The van der Waals surface area contributed by atoms with Crippen molar-refractivity contribution in [1.82, 2.24) is 20.3 Å². The Balaban J connectivity index is 1.50. The third-order valence-electron chi connectivity index (χ3n) is 3.98. The molecule has 0 fully saturated rings. The van der Waals surface area contributed by atoms with E-state index in [-0.39, 0.29) is 5.91 Å². The second-order valence-corrected chi connectivity index (χ2v) is 5.85. The van der Waals surface area contributed by atoms with Gasteiger partial charge in [0.05, 0.1) is 7.11 Å². The van der Waals surface area contributed by atoms with Gasteiger partial charge in [-0.1, -0.05) is 12.1 Å². The number of pyridine rings is 1. The zero-order chi connectivity index (χ0) is 18.9. The Morgan fingerprint density at radius 1 is 1.04 bits per heavy atom. The van der Waals surface area contributed by atoms with E-state index >= 15 is 0 Å². The molecule has 3 rings (SSSR count). The Labute approximate surface area is 157 Å². The van der Waals surface area contributed by atoms with Gasteiger partial charge in [0, 0.05) is 31.5 Å². The Morgan fingerprint density at radius 2 is 1.81 bits per heavy atom. The van der Waals surface area contributed by atoms with Gasteiger partial charge in [-0.3, -0.25) is 9.78 Å². The largest absolute Gasteiger partial charge is 0.497 e. The number of anilines is 1. The Hall–Kier alpha value is -3.48. The molecular weight excluding hydrogens is 342 g/mol. The average Bonchev–Trinajstić information content (AvgIpc) is 2.73. The molecule has 138 valence electrons. The van der Waals surface area contributed by atoms with Crippen LogP contribution in [0.2, 0.25) is 0 Å². The molecule has 2 heterocycles. The molecule has 0 radical (unpaired) electrons. The van der Waals surface area contributed by atoms with E-state index in [9.17, 15) is 4.79 Å². The van der Waals surface area contributed by atoms with Crippen LogP contribution in [0, 0.1) is 0 Å². The first-order valence-electron chi connectivity index (χ1n) is 8.60. The quantitative estimate of drug-likeness (QED) is 0.639. The van der Waals surface area contributed by atoms with Gasteiger partial charge in [-0.25, -0.2) is 9.97 Å². The van der Waals surface area contributed by atoms with Crippen LogP contribution < -0.4 is 15.4 Å². The summed E-state index contributed by atoms with van der Waals surface area (Å²) in [5, 5.41) is 6.06. The second-order valence-electron chi connectivity index (χ2n) is 5.85. The minimum absolute atomic E-state index is 0.224. The van der Waals surface area contributed by atoms with Crippen molar-refractivity contribution in [2.45, 2.75) is 13.0 Å². The molecule has 0 saturated carbocycles. The highest BCUT2D eigenvalue weighted by Crippen LogP contribution is 2.11. The van der Waals surface area contributed by atoms with E-state index in [1.807, 2.05) is 36.4 Å². The van der Waals surface area contributed by atoms with Crippen molar-refractivity contribution in [3.8, 4) is 5.75 Å². The molecule has 1 aromatic carbocycles. The predicted octanol–water partition coefficient (Wildman–Crippen LogP) is 2.46. The third kappa shape index (κ3) is 5.50. The Bertz CT molecular complexity index is 869. The predicted molar refractivity (Wildman–Crippen MR) is 103 cm³/mol. The Morgan fingerprint density at radius 3 is 2.56 bits per heavy atom. The summed E-state index contributed by atoms with van der Waals surface area (Å²) in [6.45, 7) is 1.12. The molecule has 1 amide bonds. The maximum atomic E-state index is 12.3. The van der Waals surface area contributed by atoms with Crippen LogP contribution >= 0.6 is 0 Å². The summed E-state index contributed by atoms with van der Waals surface area (Å²) in [5.74, 6) is 1.19. The second kappa shape index (κ2) is 9.28. The molecule has 7 nitrogen and oxygen atoms in total. The molecule has 0 spiro atoms. The van der Waals surface area contributed by atoms with E-state index < -0.39 is 0 Å². The molecule has 0 aliphatic heterocycles. The minimum Gasteiger partial charge on any atom is -0.497 e. The lowest BCUT2D eigenvalue weighted by Gasteiger charge is -2.08. The van der Waals surface area contributed by atoms with Gasteiger partial charge in [-0.15, -0.1) is 0 Å². The van der Waals surface area contributed by atoms with Gasteiger partial charge in [0.1, 0.15) is 23.6 Å². The number of aromatic nitrogens is 3. The number of carbonyl (C=O) groups is 1. The number of methoxy groups -OCH3 is 1. The summed E-state index contributed by atoms with van der Waals surface area (Å²) in [5.41, 5.74) is 2.53.